The van der Waals surface area contributed by atoms with Gasteiger partial charge in [0.25, 0.3) is 0 Å². The van der Waals surface area contributed by atoms with Crippen LogP contribution in [-0.2, 0) is 4.74 Å². The van der Waals surface area contributed by atoms with Gasteiger partial charge in [-0.15, -0.1) is 0 Å². The minimum atomic E-state index is -0.223. The van der Waals surface area contributed by atoms with Crippen molar-refractivity contribution in [1.29, 1.82) is 0 Å². The Morgan fingerprint density at radius 2 is 2.28 bits per heavy atom. The number of halogens is 1. The van der Waals surface area contributed by atoms with Gasteiger partial charge in [0.05, 0.1) is 12.6 Å². The van der Waals surface area contributed by atoms with Crippen molar-refractivity contribution < 1.29 is 9.13 Å². The normalized spacial score (nSPS) is 20.2. The van der Waals surface area contributed by atoms with Crippen LogP contribution in [0.5, 0.6) is 0 Å². The van der Waals surface area contributed by atoms with E-state index in [1.165, 1.54) is 0 Å². The lowest BCUT2D eigenvalue weighted by Crippen LogP contribution is -2.32. The number of nitrogens with two attached hydrogens (primary N) is 1. The zero-order valence-corrected chi connectivity index (χ0v) is 9.97. The van der Waals surface area contributed by atoms with E-state index >= 15 is 0 Å². The molecule has 0 unspecified atom stereocenters. The summed E-state index contributed by atoms with van der Waals surface area (Å²) in [6.45, 7) is 0.810. The second kappa shape index (κ2) is 4.44. The Hall–Kier alpha value is -1.85. The quantitative estimate of drug-likeness (QED) is 0.883. The Kier molecular flexibility index (Phi) is 2.77. The summed E-state index contributed by atoms with van der Waals surface area (Å²) in [5.74, 6) is 1.14. The number of anilines is 2. The van der Waals surface area contributed by atoms with Crippen LogP contribution in [0.3, 0.4) is 0 Å². The fourth-order valence-electron chi connectivity index (χ4n) is 1.90. The third-order valence-electron chi connectivity index (χ3n) is 3.02. The Labute approximate surface area is 104 Å². The fraction of sp³-hybridized carbons (Fsp3) is 0.500. The summed E-state index contributed by atoms with van der Waals surface area (Å²) < 4.78 is 19.4. The van der Waals surface area contributed by atoms with Gasteiger partial charge in [-0.2, -0.15) is 4.98 Å². The number of nitrogens with zero attached hydrogens (tertiary/aromatic N) is 3. The molecular formula is C12H15FN4O. The minimum absolute atomic E-state index is 0.158. The van der Waals surface area contributed by atoms with Crippen LogP contribution in [0.2, 0.25) is 0 Å². The second-order valence-corrected chi connectivity index (χ2v) is 4.60. The minimum Gasteiger partial charge on any atom is -0.492 e. The smallest absolute Gasteiger partial charge is 0.227 e. The van der Waals surface area contributed by atoms with Gasteiger partial charge in [0.1, 0.15) is 11.6 Å². The number of nitrogen functional groups attached to an aromatic ring is 1. The molecule has 0 radical (unpaired) electrons. The average molecular weight is 250 g/mol. The van der Waals surface area contributed by atoms with Gasteiger partial charge in [-0.05, 0) is 18.9 Å². The predicted octanol–water partition coefficient (Wildman–Crippen LogP) is 1.63. The molecule has 0 amide bonds. The van der Waals surface area contributed by atoms with E-state index in [0.29, 0.717) is 30.5 Å². The van der Waals surface area contributed by atoms with Crippen molar-refractivity contribution in [2.45, 2.75) is 25.4 Å². The van der Waals surface area contributed by atoms with Gasteiger partial charge in [-0.3, -0.25) is 0 Å². The first-order valence-electron chi connectivity index (χ1n) is 6.10. The largest absolute Gasteiger partial charge is 0.492 e. The van der Waals surface area contributed by atoms with E-state index in [9.17, 15) is 4.39 Å². The van der Waals surface area contributed by atoms with E-state index in [2.05, 4.69) is 9.97 Å². The maximum atomic E-state index is 13.9. The van der Waals surface area contributed by atoms with Crippen LogP contribution in [0.1, 0.15) is 19.3 Å². The third-order valence-corrected chi connectivity index (χ3v) is 3.02. The lowest BCUT2D eigenvalue weighted by molar-refractivity contribution is 0.172. The zero-order valence-electron chi connectivity index (χ0n) is 9.97. The monoisotopic (exact) mass is 250 g/mol. The summed E-state index contributed by atoms with van der Waals surface area (Å²) in [7, 11) is 0. The summed E-state index contributed by atoms with van der Waals surface area (Å²) >= 11 is 0. The van der Waals surface area contributed by atoms with Gasteiger partial charge in [0, 0.05) is 19.2 Å². The molecule has 1 saturated carbocycles. The van der Waals surface area contributed by atoms with E-state index in [4.69, 9.17) is 10.5 Å². The van der Waals surface area contributed by atoms with Crippen molar-refractivity contribution in [3.05, 3.63) is 23.8 Å². The topological polar surface area (TPSA) is 64.3 Å². The molecule has 1 aliphatic heterocycles. The standard InChI is InChI=1S/C12H15FN4O/c13-9-7-17(12-15-5-3-11(14)16-12)6-4-10(9)18-8-1-2-8/h3,5,8H,1-2,4,6-7H2,(H2,14,15,16). The Morgan fingerprint density at radius 1 is 1.44 bits per heavy atom. The van der Waals surface area contributed by atoms with E-state index in [1.807, 2.05) is 0 Å². The highest BCUT2D eigenvalue weighted by Crippen LogP contribution is 2.31. The summed E-state index contributed by atoms with van der Waals surface area (Å²) in [6.07, 6.45) is 4.45. The number of rotatable bonds is 3. The lowest BCUT2D eigenvalue weighted by Gasteiger charge is -2.27. The molecule has 1 aromatic rings. The molecule has 3 rings (SSSR count). The molecule has 0 bridgehead atoms. The molecule has 18 heavy (non-hydrogen) atoms. The van der Waals surface area contributed by atoms with Gasteiger partial charge < -0.3 is 15.4 Å². The van der Waals surface area contributed by atoms with Crippen LogP contribution in [0.4, 0.5) is 16.2 Å². The zero-order chi connectivity index (χ0) is 12.5. The summed E-state index contributed by atoms with van der Waals surface area (Å²) in [4.78, 5) is 9.96. The lowest BCUT2D eigenvalue weighted by atomic mass is 10.2. The van der Waals surface area contributed by atoms with E-state index < -0.39 is 0 Å². The Bertz CT molecular complexity index is 487. The first kappa shape index (κ1) is 11.3. The molecule has 2 heterocycles. The first-order chi connectivity index (χ1) is 8.72. The van der Waals surface area contributed by atoms with E-state index in [1.54, 1.807) is 17.2 Å². The van der Waals surface area contributed by atoms with Gasteiger partial charge in [-0.25, -0.2) is 9.37 Å². The molecule has 5 nitrogen and oxygen atoms in total. The molecule has 2 aliphatic rings. The third kappa shape index (κ3) is 2.37. The Balaban J connectivity index is 1.72. The van der Waals surface area contributed by atoms with Crippen LogP contribution in [0, 0.1) is 0 Å². The van der Waals surface area contributed by atoms with Gasteiger partial charge >= 0.3 is 0 Å². The number of hydrogen-bond donors (Lipinski definition) is 1. The second-order valence-electron chi connectivity index (χ2n) is 4.60. The molecule has 0 spiro atoms. The molecule has 96 valence electrons. The van der Waals surface area contributed by atoms with Crippen molar-refractivity contribution in [3.8, 4) is 0 Å². The molecule has 0 atom stereocenters. The van der Waals surface area contributed by atoms with E-state index in [0.717, 1.165) is 12.8 Å². The van der Waals surface area contributed by atoms with Crippen molar-refractivity contribution >= 4 is 11.8 Å². The summed E-state index contributed by atoms with van der Waals surface area (Å²) in [5, 5.41) is 0. The molecule has 6 heteroatoms. The van der Waals surface area contributed by atoms with E-state index in [-0.39, 0.29) is 18.5 Å². The highest BCUT2D eigenvalue weighted by Gasteiger charge is 2.29. The van der Waals surface area contributed by atoms with Gasteiger partial charge in [-0.1, -0.05) is 0 Å². The highest BCUT2D eigenvalue weighted by atomic mass is 19.1. The number of hydrogen-bond acceptors (Lipinski definition) is 5. The molecule has 0 saturated heterocycles. The van der Waals surface area contributed by atoms with Crippen LogP contribution in [-0.4, -0.2) is 29.2 Å². The van der Waals surface area contributed by atoms with Crippen LogP contribution in [0.25, 0.3) is 0 Å². The van der Waals surface area contributed by atoms with Crippen molar-refractivity contribution in [1.82, 2.24) is 9.97 Å². The van der Waals surface area contributed by atoms with Gasteiger partial charge in [0.15, 0.2) is 5.83 Å². The maximum absolute atomic E-state index is 13.9. The summed E-state index contributed by atoms with van der Waals surface area (Å²) in [6, 6.07) is 1.61. The van der Waals surface area contributed by atoms with Crippen LogP contribution in [0.15, 0.2) is 23.8 Å². The summed E-state index contributed by atoms with van der Waals surface area (Å²) in [5.41, 5.74) is 5.59. The van der Waals surface area contributed by atoms with Crippen molar-refractivity contribution in [2.75, 3.05) is 23.7 Å². The maximum Gasteiger partial charge on any atom is 0.227 e. The Morgan fingerprint density at radius 3 is 2.94 bits per heavy atom. The highest BCUT2D eigenvalue weighted by molar-refractivity contribution is 5.40. The van der Waals surface area contributed by atoms with Crippen LogP contribution >= 0.6 is 0 Å². The number of ether oxygens (including phenoxy) is 1. The average Bonchev–Trinajstić information content (AvgIpc) is 3.16. The van der Waals surface area contributed by atoms with Gasteiger partial charge in [0.2, 0.25) is 5.95 Å². The fourth-order valence-corrected chi connectivity index (χ4v) is 1.90. The molecule has 1 fully saturated rings. The molecule has 1 aliphatic carbocycles. The van der Waals surface area contributed by atoms with Crippen molar-refractivity contribution in [3.63, 3.8) is 0 Å². The molecular weight excluding hydrogens is 235 g/mol. The van der Waals surface area contributed by atoms with Crippen LogP contribution < -0.4 is 10.6 Å². The number of aromatic nitrogens is 2. The molecule has 2 N–H and O–H groups in total. The first-order valence-corrected chi connectivity index (χ1v) is 6.10. The van der Waals surface area contributed by atoms with Crippen molar-refractivity contribution in [2.24, 2.45) is 0 Å². The predicted molar refractivity (Wildman–Crippen MR) is 65.5 cm³/mol. The molecule has 1 aromatic heterocycles. The molecule has 0 aromatic carbocycles. The SMILES string of the molecule is Nc1ccnc(N2CCC(OC3CC3)=C(F)C2)n1.